The van der Waals surface area contributed by atoms with Crippen LogP contribution in [0.2, 0.25) is 0 Å². The molecule has 1 saturated carbocycles. The average molecular weight is 219 g/mol. The molecule has 1 aliphatic heterocycles. The Kier molecular flexibility index (Phi) is 2.03. The molecule has 0 aromatic carbocycles. The van der Waals surface area contributed by atoms with Crippen molar-refractivity contribution in [3.8, 4) is 0 Å². The number of nitrogens with zero attached hydrogens (tertiary/aromatic N) is 2. The Morgan fingerprint density at radius 3 is 2.69 bits per heavy atom. The minimum atomic E-state index is -0.549. The summed E-state index contributed by atoms with van der Waals surface area (Å²) in [6.07, 6.45) is 0. The summed E-state index contributed by atoms with van der Waals surface area (Å²) in [6.45, 7) is 2.16. The van der Waals surface area contributed by atoms with E-state index in [9.17, 15) is 4.79 Å². The van der Waals surface area contributed by atoms with Crippen molar-refractivity contribution < 1.29 is 4.79 Å². The number of piperidine rings is 1. The lowest BCUT2D eigenvalue weighted by Crippen LogP contribution is -2.22. The molecule has 2 heterocycles. The summed E-state index contributed by atoms with van der Waals surface area (Å²) in [4.78, 5) is 10.8. The second-order valence-electron chi connectivity index (χ2n) is 4.32. The SMILES string of the molecule is NC(=O)c1ccc(NC2C3CNCC32)nn1. The summed E-state index contributed by atoms with van der Waals surface area (Å²) in [6, 6.07) is 3.85. The van der Waals surface area contributed by atoms with Crippen molar-refractivity contribution in [2.45, 2.75) is 6.04 Å². The molecule has 0 radical (unpaired) electrons. The van der Waals surface area contributed by atoms with Gasteiger partial charge >= 0.3 is 0 Å². The summed E-state index contributed by atoms with van der Waals surface area (Å²) < 4.78 is 0. The first-order valence-corrected chi connectivity index (χ1v) is 5.36. The third kappa shape index (κ3) is 1.51. The van der Waals surface area contributed by atoms with E-state index in [0.717, 1.165) is 24.9 Å². The number of primary amides is 1. The Hall–Kier alpha value is -1.69. The first kappa shape index (κ1) is 9.53. The number of nitrogens with two attached hydrogens (primary N) is 1. The van der Waals surface area contributed by atoms with Gasteiger partial charge in [-0.15, -0.1) is 10.2 Å². The molecule has 0 spiro atoms. The van der Waals surface area contributed by atoms with E-state index in [4.69, 9.17) is 5.73 Å². The standard InChI is InChI=1S/C10H13N5O/c11-10(16)7-1-2-8(15-14-7)13-9-5-3-12-4-6(5)9/h1-2,5-6,9,12H,3-4H2,(H2,11,16)(H,13,15). The van der Waals surface area contributed by atoms with Gasteiger partial charge in [0, 0.05) is 19.1 Å². The smallest absolute Gasteiger partial charge is 0.269 e. The van der Waals surface area contributed by atoms with Gasteiger partial charge in [-0.1, -0.05) is 0 Å². The maximum atomic E-state index is 10.8. The van der Waals surface area contributed by atoms with Gasteiger partial charge in [-0.2, -0.15) is 0 Å². The highest BCUT2D eigenvalue weighted by molar-refractivity contribution is 5.90. The zero-order chi connectivity index (χ0) is 11.1. The maximum absolute atomic E-state index is 10.8. The summed E-state index contributed by atoms with van der Waals surface area (Å²) >= 11 is 0. The predicted octanol–water partition coefficient (Wildman–Crippen LogP) is -0.795. The zero-order valence-corrected chi connectivity index (χ0v) is 8.68. The monoisotopic (exact) mass is 219 g/mol. The fourth-order valence-corrected chi connectivity index (χ4v) is 2.34. The predicted molar refractivity (Wildman–Crippen MR) is 57.8 cm³/mol. The number of amides is 1. The van der Waals surface area contributed by atoms with Gasteiger partial charge in [0.2, 0.25) is 0 Å². The topological polar surface area (TPSA) is 92.9 Å². The molecule has 2 atom stereocenters. The lowest BCUT2D eigenvalue weighted by atomic mass is 10.3. The molecule has 6 heteroatoms. The highest BCUT2D eigenvalue weighted by Gasteiger charge is 2.53. The van der Waals surface area contributed by atoms with Crippen LogP contribution >= 0.6 is 0 Å². The Labute approximate surface area is 92.6 Å². The Bertz CT molecular complexity index is 408. The molecule has 1 saturated heterocycles. The van der Waals surface area contributed by atoms with Gasteiger partial charge < -0.3 is 16.4 Å². The Balaban J connectivity index is 1.65. The largest absolute Gasteiger partial charge is 0.365 e. The quantitative estimate of drug-likeness (QED) is 0.619. The number of hydrogen-bond acceptors (Lipinski definition) is 5. The van der Waals surface area contributed by atoms with Crippen LogP contribution in [0.3, 0.4) is 0 Å². The fraction of sp³-hybridized carbons (Fsp3) is 0.500. The fourth-order valence-electron chi connectivity index (χ4n) is 2.34. The van der Waals surface area contributed by atoms with Gasteiger partial charge in [-0.3, -0.25) is 4.79 Å². The van der Waals surface area contributed by atoms with Gasteiger partial charge in [0.05, 0.1) is 0 Å². The molecule has 16 heavy (non-hydrogen) atoms. The van der Waals surface area contributed by atoms with Crippen molar-refractivity contribution in [2.75, 3.05) is 18.4 Å². The molecule has 1 aromatic heterocycles. The van der Waals surface area contributed by atoms with Crippen LogP contribution in [-0.4, -0.2) is 35.2 Å². The van der Waals surface area contributed by atoms with Crippen molar-refractivity contribution in [3.63, 3.8) is 0 Å². The molecule has 6 nitrogen and oxygen atoms in total. The van der Waals surface area contributed by atoms with Crippen molar-refractivity contribution >= 4 is 11.7 Å². The number of anilines is 1. The van der Waals surface area contributed by atoms with E-state index in [1.54, 1.807) is 12.1 Å². The normalized spacial score (nSPS) is 30.9. The highest BCUT2D eigenvalue weighted by Crippen LogP contribution is 2.43. The van der Waals surface area contributed by atoms with E-state index < -0.39 is 5.91 Å². The van der Waals surface area contributed by atoms with E-state index in [-0.39, 0.29) is 5.69 Å². The minimum Gasteiger partial charge on any atom is -0.365 e. The van der Waals surface area contributed by atoms with Gasteiger partial charge in [0.1, 0.15) is 5.82 Å². The number of fused-ring (bicyclic) bond motifs is 1. The van der Waals surface area contributed by atoms with Gasteiger partial charge in [-0.25, -0.2) is 0 Å². The third-order valence-electron chi connectivity index (χ3n) is 3.32. The van der Waals surface area contributed by atoms with Crippen LogP contribution in [-0.2, 0) is 0 Å². The zero-order valence-electron chi connectivity index (χ0n) is 8.68. The van der Waals surface area contributed by atoms with E-state index in [0.29, 0.717) is 11.9 Å². The van der Waals surface area contributed by atoms with Crippen LogP contribution in [0.1, 0.15) is 10.5 Å². The molecule has 4 N–H and O–H groups in total. The van der Waals surface area contributed by atoms with Crippen molar-refractivity contribution in [3.05, 3.63) is 17.8 Å². The van der Waals surface area contributed by atoms with Crippen LogP contribution < -0.4 is 16.4 Å². The molecule has 1 aromatic rings. The second-order valence-corrected chi connectivity index (χ2v) is 4.32. The molecular weight excluding hydrogens is 206 g/mol. The summed E-state index contributed by atoms with van der Waals surface area (Å²) in [5, 5.41) is 14.3. The first-order chi connectivity index (χ1) is 7.75. The highest BCUT2D eigenvalue weighted by atomic mass is 16.1. The molecule has 84 valence electrons. The van der Waals surface area contributed by atoms with Gasteiger partial charge in [0.25, 0.3) is 5.91 Å². The van der Waals surface area contributed by atoms with Gasteiger partial charge in [0.15, 0.2) is 5.69 Å². The van der Waals surface area contributed by atoms with E-state index in [1.807, 2.05) is 0 Å². The third-order valence-corrected chi connectivity index (χ3v) is 3.32. The lowest BCUT2D eigenvalue weighted by Gasteiger charge is -2.07. The summed E-state index contributed by atoms with van der Waals surface area (Å²) in [5.74, 6) is 1.60. The molecule has 1 aliphatic carbocycles. The molecule has 2 fully saturated rings. The number of hydrogen-bond donors (Lipinski definition) is 3. The first-order valence-electron chi connectivity index (χ1n) is 5.36. The summed E-state index contributed by atoms with van der Waals surface area (Å²) in [5.41, 5.74) is 5.28. The molecular formula is C10H13N5O. The molecule has 2 aliphatic rings. The lowest BCUT2D eigenvalue weighted by molar-refractivity contribution is 0.0994. The summed E-state index contributed by atoms with van der Waals surface area (Å²) in [7, 11) is 0. The van der Waals surface area contributed by atoms with Crippen LogP contribution in [0.5, 0.6) is 0 Å². The van der Waals surface area contributed by atoms with E-state index in [2.05, 4.69) is 20.8 Å². The van der Waals surface area contributed by atoms with Crippen LogP contribution in [0, 0.1) is 11.8 Å². The number of carbonyl (C=O) groups excluding carboxylic acids is 1. The number of carbonyl (C=O) groups is 1. The molecule has 3 rings (SSSR count). The average Bonchev–Trinajstić information content (AvgIpc) is 2.75. The number of aromatic nitrogens is 2. The maximum Gasteiger partial charge on any atom is 0.269 e. The van der Waals surface area contributed by atoms with Crippen molar-refractivity contribution in [1.82, 2.24) is 15.5 Å². The molecule has 0 bridgehead atoms. The van der Waals surface area contributed by atoms with E-state index in [1.165, 1.54) is 0 Å². The Morgan fingerprint density at radius 2 is 2.12 bits per heavy atom. The molecule has 1 amide bonds. The van der Waals surface area contributed by atoms with Crippen LogP contribution in [0.15, 0.2) is 12.1 Å². The number of nitrogens with one attached hydrogen (secondary N) is 2. The van der Waals surface area contributed by atoms with Crippen molar-refractivity contribution in [2.24, 2.45) is 17.6 Å². The number of rotatable bonds is 3. The van der Waals surface area contributed by atoms with Gasteiger partial charge in [-0.05, 0) is 24.0 Å². The minimum absolute atomic E-state index is 0.197. The van der Waals surface area contributed by atoms with Crippen LogP contribution in [0.4, 0.5) is 5.82 Å². The van der Waals surface area contributed by atoms with Crippen molar-refractivity contribution in [1.29, 1.82) is 0 Å². The Morgan fingerprint density at radius 1 is 1.38 bits per heavy atom. The van der Waals surface area contributed by atoms with Crippen LogP contribution in [0.25, 0.3) is 0 Å². The van der Waals surface area contributed by atoms with E-state index >= 15 is 0 Å². The second kappa shape index (κ2) is 3.41. The molecule has 2 unspecified atom stereocenters.